The van der Waals surface area contributed by atoms with Crippen molar-refractivity contribution in [3.63, 3.8) is 0 Å². The normalized spacial score (nSPS) is 14.3. The van der Waals surface area contributed by atoms with Crippen LogP contribution in [0.4, 0.5) is 0 Å². The number of carbonyl (C=O) groups is 2. The van der Waals surface area contributed by atoms with Gasteiger partial charge in [-0.1, -0.05) is 12.1 Å². The largest absolute Gasteiger partial charge is 0.497 e. The summed E-state index contributed by atoms with van der Waals surface area (Å²) in [6.07, 6.45) is 1.65. The highest BCUT2D eigenvalue weighted by atomic mass is 16.5. The van der Waals surface area contributed by atoms with Gasteiger partial charge in [-0.25, -0.2) is 0 Å². The molecule has 1 aliphatic heterocycles. The number of esters is 1. The van der Waals surface area contributed by atoms with Crippen LogP contribution in [-0.4, -0.2) is 18.9 Å². The van der Waals surface area contributed by atoms with Gasteiger partial charge in [0.25, 0.3) is 0 Å². The Morgan fingerprint density at radius 1 is 1.13 bits per heavy atom. The smallest absolute Gasteiger partial charge is 0.308 e. The average molecular weight is 310 g/mol. The highest BCUT2D eigenvalue weighted by Gasteiger charge is 2.27. The van der Waals surface area contributed by atoms with Crippen LogP contribution in [0.1, 0.15) is 22.8 Å². The molecular formula is C18H14O5. The number of carbonyl (C=O) groups excluding carboxylic acids is 2. The van der Waals surface area contributed by atoms with Crippen molar-refractivity contribution in [1.29, 1.82) is 0 Å². The van der Waals surface area contributed by atoms with Gasteiger partial charge in [-0.2, -0.15) is 0 Å². The minimum Gasteiger partial charge on any atom is -0.497 e. The fourth-order valence-corrected chi connectivity index (χ4v) is 2.28. The van der Waals surface area contributed by atoms with Crippen LogP contribution >= 0.6 is 0 Å². The average Bonchev–Trinajstić information content (AvgIpc) is 2.82. The maximum atomic E-state index is 12.4. The zero-order valence-electron chi connectivity index (χ0n) is 12.7. The highest BCUT2D eigenvalue weighted by Crippen LogP contribution is 2.35. The summed E-state index contributed by atoms with van der Waals surface area (Å²) >= 11 is 0. The molecule has 0 aromatic heterocycles. The van der Waals surface area contributed by atoms with E-state index in [1.807, 2.05) is 18.2 Å². The fraction of sp³-hybridized carbons (Fsp3) is 0.111. The van der Waals surface area contributed by atoms with Crippen molar-refractivity contribution in [3.05, 3.63) is 59.4 Å². The van der Waals surface area contributed by atoms with E-state index >= 15 is 0 Å². The third-order valence-corrected chi connectivity index (χ3v) is 3.29. The van der Waals surface area contributed by atoms with E-state index in [1.165, 1.54) is 13.0 Å². The van der Waals surface area contributed by atoms with Gasteiger partial charge in [-0.3, -0.25) is 9.59 Å². The quantitative estimate of drug-likeness (QED) is 0.495. The van der Waals surface area contributed by atoms with E-state index in [1.54, 1.807) is 31.4 Å². The van der Waals surface area contributed by atoms with E-state index in [0.717, 1.165) is 5.56 Å². The Kier molecular flexibility index (Phi) is 3.85. The number of rotatable bonds is 3. The second-order valence-electron chi connectivity index (χ2n) is 4.97. The van der Waals surface area contributed by atoms with Crippen molar-refractivity contribution in [1.82, 2.24) is 0 Å². The lowest BCUT2D eigenvalue weighted by molar-refractivity contribution is -0.131. The highest BCUT2D eigenvalue weighted by molar-refractivity contribution is 6.14. The van der Waals surface area contributed by atoms with Gasteiger partial charge in [-0.15, -0.1) is 0 Å². The number of methoxy groups -OCH3 is 1. The van der Waals surface area contributed by atoms with Crippen LogP contribution in [-0.2, 0) is 4.79 Å². The zero-order valence-corrected chi connectivity index (χ0v) is 12.7. The van der Waals surface area contributed by atoms with Crippen molar-refractivity contribution >= 4 is 17.8 Å². The summed E-state index contributed by atoms with van der Waals surface area (Å²) in [5.74, 6) is 0.987. The van der Waals surface area contributed by atoms with Crippen molar-refractivity contribution in [2.75, 3.05) is 7.11 Å². The van der Waals surface area contributed by atoms with Crippen LogP contribution < -0.4 is 14.2 Å². The van der Waals surface area contributed by atoms with Crippen LogP contribution in [0.2, 0.25) is 0 Å². The van der Waals surface area contributed by atoms with Crippen molar-refractivity contribution in [2.24, 2.45) is 0 Å². The van der Waals surface area contributed by atoms with Gasteiger partial charge in [0.2, 0.25) is 5.78 Å². The summed E-state index contributed by atoms with van der Waals surface area (Å²) in [6, 6.07) is 12.0. The number of allylic oxidation sites excluding steroid dienone is 1. The summed E-state index contributed by atoms with van der Waals surface area (Å²) in [6.45, 7) is 1.31. The molecule has 5 heteroatoms. The molecule has 0 atom stereocenters. The molecule has 23 heavy (non-hydrogen) atoms. The molecule has 5 nitrogen and oxygen atoms in total. The van der Waals surface area contributed by atoms with Gasteiger partial charge in [0.05, 0.1) is 12.7 Å². The first kappa shape index (κ1) is 14.8. The lowest BCUT2D eigenvalue weighted by Crippen LogP contribution is -2.01. The summed E-state index contributed by atoms with van der Waals surface area (Å²) < 4.78 is 15.7. The van der Waals surface area contributed by atoms with Gasteiger partial charge in [-0.05, 0) is 35.9 Å². The van der Waals surface area contributed by atoms with Gasteiger partial charge in [0.15, 0.2) is 5.76 Å². The molecule has 0 unspecified atom stereocenters. The van der Waals surface area contributed by atoms with Crippen molar-refractivity contribution in [2.45, 2.75) is 6.92 Å². The molecule has 2 aromatic rings. The van der Waals surface area contributed by atoms with Crippen LogP contribution in [0, 0.1) is 0 Å². The molecule has 0 amide bonds. The number of fused-ring (bicyclic) bond motifs is 1. The first-order valence-electron chi connectivity index (χ1n) is 6.97. The molecule has 2 aromatic carbocycles. The van der Waals surface area contributed by atoms with E-state index in [9.17, 15) is 9.59 Å². The molecule has 1 aliphatic rings. The molecule has 0 fully saturated rings. The number of hydrogen-bond donors (Lipinski definition) is 0. The Bertz CT molecular complexity index is 820. The Labute approximate surface area is 133 Å². The first-order chi connectivity index (χ1) is 11.1. The molecule has 0 saturated carbocycles. The summed E-state index contributed by atoms with van der Waals surface area (Å²) in [5, 5.41) is 0. The van der Waals surface area contributed by atoms with Crippen LogP contribution in [0.3, 0.4) is 0 Å². The first-order valence-corrected chi connectivity index (χ1v) is 6.97. The molecule has 0 bridgehead atoms. The second-order valence-corrected chi connectivity index (χ2v) is 4.97. The van der Waals surface area contributed by atoms with Gasteiger partial charge >= 0.3 is 5.97 Å². The number of hydrogen-bond acceptors (Lipinski definition) is 5. The molecule has 0 N–H and O–H groups in total. The van der Waals surface area contributed by atoms with Gasteiger partial charge < -0.3 is 14.2 Å². The molecular weight excluding hydrogens is 296 g/mol. The molecule has 116 valence electrons. The molecule has 1 heterocycles. The number of ketones is 1. The second kappa shape index (κ2) is 5.96. The molecule has 3 rings (SSSR count). The van der Waals surface area contributed by atoms with Gasteiger partial charge in [0.1, 0.15) is 17.2 Å². The third-order valence-electron chi connectivity index (χ3n) is 3.29. The lowest BCUT2D eigenvalue weighted by Gasteiger charge is -2.03. The fourth-order valence-electron chi connectivity index (χ4n) is 2.28. The molecule has 0 radical (unpaired) electrons. The monoisotopic (exact) mass is 310 g/mol. The summed E-state index contributed by atoms with van der Waals surface area (Å²) in [4.78, 5) is 23.3. The van der Waals surface area contributed by atoms with Crippen molar-refractivity contribution in [3.8, 4) is 17.2 Å². The number of Topliss-reactive ketones (excluding diaryl/α,β-unsaturated/α-hetero) is 1. The third kappa shape index (κ3) is 3.08. The Morgan fingerprint density at radius 3 is 2.70 bits per heavy atom. The molecule has 0 spiro atoms. The predicted octanol–water partition coefficient (Wildman–Crippen LogP) is 3.24. The Morgan fingerprint density at radius 2 is 1.96 bits per heavy atom. The van der Waals surface area contributed by atoms with Crippen molar-refractivity contribution < 1.29 is 23.8 Å². The maximum Gasteiger partial charge on any atom is 0.308 e. The van der Waals surface area contributed by atoms with Gasteiger partial charge in [0, 0.05) is 13.0 Å². The Balaban J connectivity index is 1.90. The predicted molar refractivity (Wildman–Crippen MR) is 83.7 cm³/mol. The van der Waals surface area contributed by atoms with E-state index in [0.29, 0.717) is 22.8 Å². The zero-order chi connectivity index (χ0) is 16.4. The topological polar surface area (TPSA) is 61.8 Å². The van der Waals surface area contributed by atoms with E-state index in [4.69, 9.17) is 14.2 Å². The summed E-state index contributed by atoms with van der Waals surface area (Å²) in [5.41, 5.74) is 1.23. The van der Waals surface area contributed by atoms with E-state index in [-0.39, 0.29) is 11.5 Å². The number of benzene rings is 2. The standard InChI is InChI=1S/C18H14O5/c1-11(19)22-14-6-7-15-16(10-14)23-17(18(15)20)9-12-4-3-5-13(8-12)21-2/h3-10H,1-2H3/b17-9+. The maximum absolute atomic E-state index is 12.4. The van der Waals surface area contributed by atoms with Crippen LogP contribution in [0.25, 0.3) is 6.08 Å². The van der Waals surface area contributed by atoms with E-state index < -0.39 is 5.97 Å². The number of ether oxygens (including phenoxy) is 3. The Hall–Kier alpha value is -3.08. The summed E-state index contributed by atoms with van der Waals surface area (Å²) in [7, 11) is 1.58. The van der Waals surface area contributed by atoms with Crippen LogP contribution in [0.5, 0.6) is 17.2 Å². The minimum absolute atomic E-state index is 0.211. The molecule has 0 saturated heterocycles. The molecule has 0 aliphatic carbocycles. The van der Waals surface area contributed by atoms with Crippen LogP contribution in [0.15, 0.2) is 48.2 Å². The minimum atomic E-state index is -0.429. The lowest BCUT2D eigenvalue weighted by atomic mass is 10.1. The SMILES string of the molecule is COc1cccc(/C=C2/Oc3cc(OC(C)=O)ccc3C2=O)c1. The van der Waals surface area contributed by atoms with E-state index in [2.05, 4.69) is 0 Å².